The van der Waals surface area contributed by atoms with E-state index in [0.29, 0.717) is 12.0 Å². The molecule has 1 atom stereocenters. The van der Waals surface area contributed by atoms with E-state index in [9.17, 15) is 4.39 Å². The van der Waals surface area contributed by atoms with Crippen LogP contribution in [-0.2, 0) is 6.42 Å². The van der Waals surface area contributed by atoms with Crippen LogP contribution in [0.4, 0.5) is 4.39 Å². The summed E-state index contributed by atoms with van der Waals surface area (Å²) in [5.41, 5.74) is 6.32. The second kappa shape index (κ2) is 4.23. The SMILES string of the molecule is NC(Cc1ccco1)c1ccncc1F. The molecule has 0 saturated heterocycles. The van der Waals surface area contributed by atoms with Crippen molar-refractivity contribution in [1.29, 1.82) is 0 Å². The molecule has 1 unspecified atom stereocenters. The molecule has 78 valence electrons. The van der Waals surface area contributed by atoms with Gasteiger partial charge in [-0.2, -0.15) is 0 Å². The fourth-order valence-corrected chi connectivity index (χ4v) is 1.44. The number of nitrogens with two attached hydrogens (primary N) is 1. The lowest BCUT2D eigenvalue weighted by Crippen LogP contribution is -2.14. The first kappa shape index (κ1) is 9.86. The third-order valence-electron chi connectivity index (χ3n) is 2.20. The molecule has 0 aromatic carbocycles. The van der Waals surface area contributed by atoms with E-state index in [0.717, 1.165) is 12.0 Å². The van der Waals surface area contributed by atoms with Crippen LogP contribution in [0.5, 0.6) is 0 Å². The molecule has 0 amide bonds. The number of furan rings is 1. The quantitative estimate of drug-likeness (QED) is 0.836. The van der Waals surface area contributed by atoms with Crippen molar-refractivity contribution >= 4 is 0 Å². The summed E-state index contributed by atoms with van der Waals surface area (Å²) in [6.45, 7) is 0. The van der Waals surface area contributed by atoms with Crippen molar-refractivity contribution in [3.05, 3.63) is 54.0 Å². The minimum Gasteiger partial charge on any atom is -0.469 e. The normalized spacial score (nSPS) is 12.7. The molecule has 15 heavy (non-hydrogen) atoms. The van der Waals surface area contributed by atoms with E-state index in [2.05, 4.69) is 4.98 Å². The van der Waals surface area contributed by atoms with E-state index in [1.54, 1.807) is 18.4 Å². The van der Waals surface area contributed by atoms with Crippen LogP contribution in [-0.4, -0.2) is 4.98 Å². The Labute approximate surface area is 86.7 Å². The molecule has 0 saturated carbocycles. The van der Waals surface area contributed by atoms with Crippen molar-refractivity contribution < 1.29 is 8.81 Å². The Hall–Kier alpha value is -1.68. The van der Waals surface area contributed by atoms with E-state index < -0.39 is 6.04 Å². The molecular formula is C11H11FN2O. The van der Waals surface area contributed by atoms with Crippen molar-refractivity contribution in [2.24, 2.45) is 5.73 Å². The predicted molar refractivity (Wildman–Crippen MR) is 53.5 cm³/mol. The van der Waals surface area contributed by atoms with Gasteiger partial charge in [0.15, 0.2) is 0 Å². The van der Waals surface area contributed by atoms with E-state index in [1.165, 1.54) is 6.20 Å². The summed E-state index contributed by atoms with van der Waals surface area (Å²) in [5.74, 6) is 0.371. The molecule has 0 fully saturated rings. The van der Waals surface area contributed by atoms with E-state index in [-0.39, 0.29) is 5.82 Å². The monoisotopic (exact) mass is 206 g/mol. The second-order valence-electron chi connectivity index (χ2n) is 3.29. The van der Waals surface area contributed by atoms with Crippen molar-refractivity contribution in [3.8, 4) is 0 Å². The highest BCUT2D eigenvalue weighted by Gasteiger charge is 2.12. The lowest BCUT2D eigenvalue weighted by atomic mass is 10.0. The van der Waals surface area contributed by atoms with Gasteiger partial charge < -0.3 is 10.2 Å². The van der Waals surface area contributed by atoms with Gasteiger partial charge >= 0.3 is 0 Å². The van der Waals surface area contributed by atoms with Crippen LogP contribution >= 0.6 is 0 Å². The maximum atomic E-state index is 13.3. The molecular weight excluding hydrogens is 195 g/mol. The predicted octanol–water partition coefficient (Wildman–Crippen LogP) is 2.06. The van der Waals surface area contributed by atoms with Gasteiger partial charge in [-0.05, 0) is 18.2 Å². The Kier molecular flexibility index (Phi) is 2.78. The Morgan fingerprint density at radius 3 is 3.00 bits per heavy atom. The summed E-state index contributed by atoms with van der Waals surface area (Å²) < 4.78 is 18.4. The van der Waals surface area contributed by atoms with Crippen molar-refractivity contribution in [2.75, 3.05) is 0 Å². The highest BCUT2D eigenvalue weighted by molar-refractivity contribution is 5.18. The number of pyridine rings is 1. The van der Waals surface area contributed by atoms with E-state index >= 15 is 0 Å². The van der Waals surface area contributed by atoms with Crippen LogP contribution in [0.25, 0.3) is 0 Å². The van der Waals surface area contributed by atoms with Crippen molar-refractivity contribution in [3.63, 3.8) is 0 Å². The topological polar surface area (TPSA) is 52.0 Å². The van der Waals surface area contributed by atoms with Gasteiger partial charge in [-0.15, -0.1) is 0 Å². The molecule has 0 bridgehead atoms. The van der Waals surface area contributed by atoms with Crippen LogP contribution in [0.3, 0.4) is 0 Å². The maximum Gasteiger partial charge on any atom is 0.146 e. The first-order valence-electron chi connectivity index (χ1n) is 4.65. The fourth-order valence-electron chi connectivity index (χ4n) is 1.44. The summed E-state index contributed by atoms with van der Waals surface area (Å²) in [6.07, 6.45) is 4.75. The van der Waals surface area contributed by atoms with Crippen LogP contribution in [0, 0.1) is 5.82 Å². The molecule has 0 radical (unpaired) electrons. The summed E-state index contributed by atoms with van der Waals surface area (Å²) in [5, 5.41) is 0. The molecule has 0 aliphatic heterocycles. The molecule has 2 rings (SSSR count). The average molecular weight is 206 g/mol. The number of rotatable bonds is 3. The third kappa shape index (κ3) is 2.22. The minimum absolute atomic E-state index is 0.378. The van der Waals surface area contributed by atoms with Gasteiger partial charge in [0.25, 0.3) is 0 Å². The standard InChI is InChI=1S/C11H11FN2O/c12-10-7-14-4-3-9(10)11(13)6-8-2-1-5-15-8/h1-5,7,11H,6,13H2. The average Bonchev–Trinajstić information content (AvgIpc) is 2.71. The fraction of sp³-hybridized carbons (Fsp3) is 0.182. The largest absolute Gasteiger partial charge is 0.469 e. The van der Waals surface area contributed by atoms with Gasteiger partial charge in [0.2, 0.25) is 0 Å². The molecule has 0 spiro atoms. The van der Waals surface area contributed by atoms with E-state index in [4.69, 9.17) is 10.2 Å². The number of nitrogens with zero attached hydrogens (tertiary/aromatic N) is 1. The minimum atomic E-state index is -0.404. The molecule has 0 aliphatic rings. The molecule has 2 N–H and O–H groups in total. The lowest BCUT2D eigenvalue weighted by Gasteiger charge is -2.10. The van der Waals surface area contributed by atoms with Gasteiger partial charge in [-0.25, -0.2) is 4.39 Å². The van der Waals surface area contributed by atoms with Crippen molar-refractivity contribution in [2.45, 2.75) is 12.5 Å². The van der Waals surface area contributed by atoms with Crippen LogP contribution < -0.4 is 5.73 Å². The summed E-state index contributed by atoms with van der Waals surface area (Å²) in [7, 11) is 0. The zero-order valence-electron chi connectivity index (χ0n) is 8.06. The summed E-state index contributed by atoms with van der Waals surface area (Å²) in [6, 6.07) is 4.78. The molecule has 3 nitrogen and oxygen atoms in total. The van der Waals surface area contributed by atoms with Crippen LogP contribution in [0.2, 0.25) is 0 Å². The second-order valence-corrected chi connectivity index (χ2v) is 3.29. The Bertz CT molecular complexity index is 428. The molecule has 2 heterocycles. The van der Waals surface area contributed by atoms with Gasteiger partial charge in [0.05, 0.1) is 12.5 Å². The van der Waals surface area contributed by atoms with Gasteiger partial charge in [-0.1, -0.05) is 0 Å². The van der Waals surface area contributed by atoms with Crippen LogP contribution in [0.15, 0.2) is 41.3 Å². The third-order valence-corrected chi connectivity index (χ3v) is 2.20. The first-order chi connectivity index (χ1) is 7.27. The van der Waals surface area contributed by atoms with Crippen molar-refractivity contribution in [1.82, 2.24) is 4.98 Å². The Morgan fingerprint density at radius 1 is 1.47 bits per heavy atom. The van der Waals surface area contributed by atoms with Gasteiger partial charge in [0.1, 0.15) is 11.6 Å². The smallest absolute Gasteiger partial charge is 0.146 e. The van der Waals surface area contributed by atoms with Gasteiger partial charge in [0, 0.05) is 24.2 Å². The van der Waals surface area contributed by atoms with E-state index in [1.807, 2.05) is 6.07 Å². The lowest BCUT2D eigenvalue weighted by molar-refractivity contribution is 0.481. The number of hydrogen-bond donors (Lipinski definition) is 1. The van der Waals surface area contributed by atoms with Gasteiger partial charge in [-0.3, -0.25) is 4.98 Å². The zero-order chi connectivity index (χ0) is 10.7. The highest BCUT2D eigenvalue weighted by Crippen LogP contribution is 2.18. The Morgan fingerprint density at radius 2 is 2.33 bits per heavy atom. The molecule has 4 heteroatoms. The molecule has 0 aliphatic carbocycles. The number of aromatic nitrogens is 1. The molecule has 2 aromatic rings. The summed E-state index contributed by atoms with van der Waals surface area (Å²) in [4.78, 5) is 3.67. The zero-order valence-corrected chi connectivity index (χ0v) is 8.06. The first-order valence-corrected chi connectivity index (χ1v) is 4.65. The number of halogens is 1. The molecule has 2 aromatic heterocycles. The summed E-state index contributed by atoms with van der Waals surface area (Å²) >= 11 is 0. The number of hydrogen-bond acceptors (Lipinski definition) is 3. The highest BCUT2D eigenvalue weighted by atomic mass is 19.1. The van der Waals surface area contributed by atoms with Crippen LogP contribution in [0.1, 0.15) is 17.4 Å². The maximum absolute atomic E-state index is 13.3. The Balaban J connectivity index is 2.15.